The summed E-state index contributed by atoms with van der Waals surface area (Å²) in [7, 11) is 0. The number of carbonyl (C=O) groups is 1. The van der Waals surface area contributed by atoms with Crippen LogP contribution in [0.1, 0.15) is 29.9 Å². The Kier molecular flexibility index (Phi) is 4.79. The number of hydrogen-bond acceptors (Lipinski definition) is 5. The first-order valence-corrected chi connectivity index (χ1v) is 7.96. The largest absolute Gasteiger partial charge is 0.457 e. The molecular weight excluding hydrogens is 318 g/mol. The second kappa shape index (κ2) is 7.17. The van der Waals surface area contributed by atoms with Crippen molar-refractivity contribution in [3.8, 4) is 11.5 Å². The number of anilines is 1. The fourth-order valence-electron chi connectivity index (χ4n) is 2.67. The van der Waals surface area contributed by atoms with E-state index in [4.69, 9.17) is 9.26 Å². The van der Waals surface area contributed by atoms with Gasteiger partial charge in [-0.3, -0.25) is 9.78 Å². The number of carbonyl (C=O) groups excluding carboxylic acids is 1. The number of nitrogens with zero attached hydrogens (tertiary/aromatic N) is 2. The van der Waals surface area contributed by atoms with Crippen LogP contribution < -0.4 is 10.1 Å². The lowest BCUT2D eigenvalue weighted by atomic mass is 9.98. The van der Waals surface area contributed by atoms with Crippen molar-refractivity contribution in [1.29, 1.82) is 0 Å². The summed E-state index contributed by atoms with van der Waals surface area (Å²) < 4.78 is 10.9. The zero-order valence-electron chi connectivity index (χ0n) is 14.3. The number of amides is 1. The monoisotopic (exact) mass is 337 g/mol. The predicted molar refractivity (Wildman–Crippen MR) is 93.8 cm³/mol. The Labute approximate surface area is 145 Å². The van der Waals surface area contributed by atoms with Crippen molar-refractivity contribution in [2.45, 2.75) is 26.7 Å². The van der Waals surface area contributed by atoms with Crippen LogP contribution in [-0.4, -0.2) is 16.0 Å². The van der Waals surface area contributed by atoms with Crippen molar-refractivity contribution in [3.63, 3.8) is 0 Å². The van der Waals surface area contributed by atoms with Gasteiger partial charge in [0, 0.05) is 29.7 Å². The van der Waals surface area contributed by atoms with E-state index in [2.05, 4.69) is 15.5 Å². The van der Waals surface area contributed by atoms with Crippen molar-refractivity contribution < 1.29 is 14.1 Å². The van der Waals surface area contributed by atoms with Crippen molar-refractivity contribution >= 4 is 11.6 Å². The molecule has 0 radical (unpaired) electrons. The highest BCUT2D eigenvalue weighted by molar-refractivity contribution is 5.96. The van der Waals surface area contributed by atoms with Crippen LogP contribution in [0.2, 0.25) is 0 Å². The normalized spacial score (nSPS) is 11.8. The summed E-state index contributed by atoms with van der Waals surface area (Å²) in [5.74, 6) is 1.48. The van der Waals surface area contributed by atoms with Crippen LogP contribution in [0.4, 0.5) is 5.69 Å². The first-order chi connectivity index (χ1) is 12.0. The Morgan fingerprint density at radius 1 is 1.16 bits per heavy atom. The maximum absolute atomic E-state index is 12.6. The summed E-state index contributed by atoms with van der Waals surface area (Å²) in [6.07, 6.45) is 3.32. The second-order valence-electron chi connectivity index (χ2n) is 5.76. The Balaban J connectivity index is 1.72. The van der Waals surface area contributed by atoms with Crippen LogP contribution in [0.5, 0.6) is 11.5 Å². The average molecular weight is 337 g/mol. The lowest BCUT2D eigenvalue weighted by molar-refractivity contribution is -0.117. The fraction of sp³-hybridized carbons (Fsp3) is 0.211. The third-order valence-electron chi connectivity index (χ3n) is 3.90. The van der Waals surface area contributed by atoms with Gasteiger partial charge in [0.1, 0.15) is 17.3 Å². The molecule has 1 amide bonds. The molecule has 3 rings (SSSR count). The van der Waals surface area contributed by atoms with E-state index in [0.29, 0.717) is 22.9 Å². The molecular formula is C19H19N3O3. The second-order valence-corrected chi connectivity index (χ2v) is 5.76. The van der Waals surface area contributed by atoms with Crippen LogP contribution in [0.15, 0.2) is 53.3 Å². The van der Waals surface area contributed by atoms with Crippen molar-refractivity contribution in [2.75, 3.05) is 5.32 Å². The highest BCUT2D eigenvalue weighted by Gasteiger charge is 2.23. The van der Waals surface area contributed by atoms with E-state index in [1.54, 1.807) is 30.6 Å². The standard InChI is InChI=1S/C19H19N3O3/c1-12(18-13(2)22-25-14(18)3)19(23)21-15-5-4-6-17(11-15)24-16-7-9-20-10-8-16/h4-12H,1-3H3,(H,21,23)/t12-/m1/s1. The number of rotatable bonds is 5. The molecule has 25 heavy (non-hydrogen) atoms. The molecule has 0 unspecified atom stereocenters. The van der Waals surface area contributed by atoms with Gasteiger partial charge in [-0.15, -0.1) is 0 Å². The molecule has 2 aromatic heterocycles. The lowest BCUT2D eigenvalue weighted by Crippen LogP contribution is -2.19. The summed E-state index contributed by atoms with van der Waals surface area (Å²) in [6.45, 7) is 5.47. The van der Waals surface area contributed by atoms with E-state index < -0.39 is 0 Å². The molecule has 0 aliphatic carbocycles. The number of benzene rings is 1. The van der Waals surface area contributed by atoms with Gasteiger partial charge >= 0.3 is 0 Å². The molecule has 128 valence electrons. The molecule has 0 aliphatic rings. The van der Waals surface area contributed by atoms with E-state index in [0.717, 1.165) is 11.3 Å². The van der Waals surface area contributed by atoms with Gasteiger partial charge in [0.25, 0.3) is 0 Å². The smallest absolute Gasteiger partial charge is 0.231 e. The third kappa shape index (κ3) is 3.85. The molecule has 6 heteroatoms. The van der Waals surface area contributed by atoms with Crippen LogP contribution in [0.3, 0.4) is 0 Å². The lowest BCUT2D eigenvalue weighted by Gasteiger charge is -2.13. The van der Waals surface area contributed by atoms with Gasteiger partial charge in [0.2, 0.25) is 5.91 Å². The molecule has 0 saturated carbocycles. The van der Waals surface area contributed by atoms with Crippen molar-refractivity contribution in [3.05, 3.63) is 65.8 Å². The first-order valence-electron chi connectivity index (χ1n) is 7.96. The molecule has 2 heterocycles. The topological polar surface area (TPSA) is 77.2 Å². The summed E-state index contributed by atoms with van der Waals surface area (Å²) in [6, 6.07) is 10.8. The Hall–Kier alpha value is -3.15. The van der Waals surface area contributed by atoms with Crippen LogP contribution in [-0.2, 0) is 4.79 Å². The minimum absolute atomic E-state index is 0.129. The van der Waals surface area contributed by atoms with Gasteiger partial charge in [-0.25, -0.2) is 0 Å². The van der Waals surface area contributed by atoms with E-state index in [-0.39, 0.29) is 11.8 Å². The van der Waals surface area contributed by atoms with Crippen LogP contribution in [0, 0.1) is 13.8 Å². The van der Waals surface area contributed by atoms with Gasteiger partial charge in [-0.2, -0.15) is 0 Å². The highest BCUT2D eigenvalue weighted by atomic mass is 16.5. The number of pyridine rings is 1. The van der Waals surface area contributed by atoms with E-state index in [1.807, 2.05) is 39.0 Å². The maximum Gasteiger partial charge on any atom is 0.231 e. The first kappa shape index (κ1) is 16.7. The van der Waals surface area contributed by atoms with E-state index in [9.17, 15) is 4.79 Å². The van der Waals surface area contributed by atoms with Crippen LogP contribution in [0.25, 0.3) is 0 Å². The number of aromatic nitrogens is 2. The SMILES string of the molecule is Cc1noc(C)c1[C@@H](C)C(=O)Nc1cccc(Oc2ccncc2)c1. The number of nitrogens with one attached hydrogen (secondary N) is 1. The number of ether oxygens (including phenoxy) is 1. The van der Waals surface area contributed by atoms with Crippen LogP contribution >= 0.6 is 0 Å². The van der Waals surface area contributed by atoms with Gasteiger partial charge < -0.3 is 14.6 Å². The van der Waals surface area contributed by atoms with E-state index in [1.165, 1.54) is 0 Å². The molecule has 1 N–H and O–H groups in total. The summed E-state index contributed by atoms with van der Waals surface area (Å²) in [4.78, 5) is 16.5. The number of aryl methyl sites for hydroxylation is 2. The number of hydrogen-bond donors (Lipinski definition) is 1. The molecule has 1 atom stereocenters. The Morgan fingerprint density at radius 2 is 1.92 bits per heavy atom. The molecule has 0 fully saturated rings. The highest BCUT2D eigenvalue weighted by Crippen LogP contribution is 2.27. The van der Waals surface area contributed by atoms with Crippen molar-refractivity contribution in [2.24, 2.45) is 0 Å². The molecule has 6 nitrogen and oxygen atoms in total. The third-order valence-corrected chi connectivity index (χ3v) is 3.90. The average Bonchev–Trinajstić information content (AvgIpc) is 2.94. The van der Waals surface area contributed by atoms with Gasteiger partial charge in [0.15, 0.2) is 0 Å². The minimum atomic E-state index is -0.365. The van der Waals surface area contributed by atoms with Gasteiger partial charge in [0.05, 0.1) is 11.6 Å². The summed E-state index contributed by atoms with van der Waals surface area (Å²) >= 11 is 0. The molecule has 0 spiro atoms. The molecule has 0 saturated heterocycles. The molecule has 3 aromatic rings. The Morgan fingerprint density at radius 3 is 2.60 bits per heavy atom. The maximum atomic E-state index is 12.6. The molecule has 0 bridgehead atoms. The zero-order chi connectivity index (χ0) is 17.8. The fourth-order valence-corrected chi connectivity index (χ4v) is 2.67. The molecule has 1 aromatic carbocycles. The minimum Gasteiger partial charge on any atom is -0.457 e. The van der Waals surface area contributed by atoms with Gasteiger partial charge in [-0.05, 0) is 45.0 Å². The summed E-state index contributed by atoms with van der Waals surface area (Å²) in [5, 5.41) is 6.82. The quantitative estimate of drug-likeness (QED) is 0.754. The van der Waals surface area contributed by atoms with Gasteiger partial charge in [-0.1, -0.05) is 11.2 Å². The van der Waals surface area contributed by atoms with E-state index >= 15 is 0 Å². The molecule has 0 aliphatic heterocycles. The van der Waals surface area contributed by atoms with Crippen molar-refractivity contribution in [1.82, 2.24) is 10.1 Å². The summed E-state index contributed by atoms with van der Waals surface area (Å²) in [5.41, 5.74) is 2.21. The Bertz CT molecular complexity index is 855. The predicted octanol–water partition coefficient (Wildman–Crippen LogP) is 4.22. The zero-order valence-corrected chi connectivity index (χ0v) is 14.3.